The van der Waals surface area contributed by atoms with E-state index < -0.39 is 36.2 Å². The monoisotopic (exact) mass is 909 g/mol. The van der Waals surface area contributed by atoms with Crippen molar-refractivity contribution in [3.05, 3.63) is 28.4 Å². The summed E-state index contributed by atoms with van der Waals surface area (Å²) in [5, 5.41) is 39.4. The number of aldehydes is 1. The molecule has 0 unspecified atom stereocenters. The van der Waals surface area contributed by atoms with Gasteiger partial charge in [-0.2, -0.15) is 0 Å². The molecule has 4 atom stereocenters. The van der Waals surface area contributed by atoms with Crippen molar-refractivity contribution >= 4 is 114 Å². The minimum Gasteiger partial charge on any atom is -0.397 e. The minimum absolute atomic E-state index is 0.0877. The molecule has 0 saturated carbocycles. The number of aliphatic hydroxyl groups excluding tert-OH is 4. The van der Waals surface area contributed by atoms with Crippen LogP contribution in [0.3, 0.4) is 0 Å². The Morgan fingerprint density at radius 3 is 1.78 bits per heavy atom. The van der Waals surface area contributed by atoms with Gasteiger partial charge in [0, 0.05) is 51.8 Å². The second kappa shape index (κ2) is 13.7. The van der Waals surface area contributed by atoms with Gasteiger partial charge in [0.25, 0.3) is 0 Å². The van der Waals surface area contributed by atoms with E-state index in [1.807, 2.05) is 0 Å². The van der Waals surface area contributed by atoms with Crippen molar-refractivity contribution in [3.8, 4) is 11.1 Å². The summed E-state index contributed by atoms with van der Waals surface area (Å²) in [7, 11) is 3.17. The number of nitrogen functional groups attached to an aromatic ring is 2. The van der Waals surface area contributed by atoms with E-state index in [4.69, 9.17) is 22.3 Å². The predicted molar refractivity (Wildman–Crippen MR) is 179 cm³/mol. The van der Waals surface area contributed by atoms with Crippen LogP contribution in [0.25, 0.3) is 11.1 Å². The number of amides is 2. The zero-order valence-electron chi connectivity index (χ0n) is 22.4. The highest BCUT2D eigenvalue weighted by Gasteiger charge is 2.47. The highest BCUT2D eigenvalue weighted by atomic mass is 127. The van der Waals surface area contributed by atoms with E-state index in [1.165, 1.54) is 35.8 Å². The Hall–Kier alpha value is -1.69. The van der Waals surface area contributed by atoms with E-state index in [1.54, 1.807) is 14.1 Å². The third-order valence-electron chi connectivity index (χ3n) is 6.67. The molecule has 224 valence electrons. The van der Waals surface area contributed by atoms with Gasteiger partial charge in [0.2, 0.25) is 11.8 Å². The topological polar surface area (TPSA) is 234 Å². The lowest BCUT2D eigenvalue weighted by Gasteiger charge is -2.33. The Balaban J connectivity index is 2.87. The van der Waals surface area contributed by atoms with Crippen LogP contribution in [0.4, 0.5) is 22.7 Å². The highest BCUT2D eigenvalue weighted by molar-refractivity contribution is 14.1. The molecular weight excluding hydrogens is 879 g/mol. The number of halogens is 3. The number of benzene rings is 2. The van der Waals surface area contributed by atoms with Crippen molar-refractivity contribution in [2.75, 3.05) is 42.0 Å². The average Bonchev–Trinajstić information content (AvgIpc) is 2.92. The smallest absolute Gasteiger partial charge is 0.223 e. The van der Waals surface area contributed by atoms with Crippen molar-refractivity contribution in [3.63, 3.8) is 0 Å². The summed E-state index contributed by atoms with van der Waals surface area (Å²) >= 11 is 6.17. The van der Waals surface area contributed by atoms with E-state index in [2.05, 4.69) is 67.8 Å². The number of hydrogen-bond acceptors (Lipinski definition) is 11. The Morgan fingerprint density at radius 1 is 0.927 bits per heavy atom. The lowest BCUT2D eigenvalue weighted by Crippen LogP contribution is -2.64. The normalized spacial score (nSPS) is 14.9. The average molecular weight is 909 g/mol. The Bertz CT molecular complexity index is 1360. The van der Waals surface area contributed by atoms with Crippen LogP contribution in [0, 0.1) is 10.7 Å². The molecule has 0 spiro atoms. The van der Waals surface area contributed by atoms with E-state index in [0.29, 0.717) is 33.2 Å². The van der Waals surface area contributed by atoms with Gasteiger partial charge in [0.05, 0.1) is 32.9 Å². The van der Waals surface area contributed by atoms with E-state index in [9.17, 15) is 34.5 Å². The molecule has 41 heavy (non-hydrogen) atoms. The van der Waals surface area contributed by atoms with Crippen LogP contribution in [-0.2, 0) is 14.4 Å². The summed E-state index contributed by atoms with van der Waals surface area (Å²) in [6.07, 6.45) is -6.42. The molecule has 0 aliphatic heterocycles. The van der Waals surface area contributed by atoms with Gasteiger partial charge >= 0.3 is 0 Å². The fourth-order valence-electron chi connectivity index (χ4n) is 3.92. The molecule has 0 bridgehead atoms. The van der Waals surface area contributed by atoms with Crippen LogP contribution in [0.2, 0.25) is 0 Å². The van der Waals surface area contributed by atoms with Gasteiger partial charge in [-0.1, -0.05) is 6.07 Å². The zero-order chi connectivity index (χ0) is 31.7. The van der Waals surface area contributed by atoms with Crippen LogP contribution in [0.5, 0.6) is 0 Å². The summed E-state index contributed by atoms with van der Waals surface area (Å²) < 4.78 is 1.82. The first-order valence-electron chi connectivity index (χ1n) is 11.7. The fourth-order valence-corrected chi connectivity index (χ4v) is 9.12. The van der Waals surface area contributed by atoms with Gasteiger partial charge in [0.1, 0.15) is 18.3 Å². The Labute approximate surface area is 276 Å². The number of aliphatic hydroxyl groups is 4. The van der Waals surface area contributed by atoms with Gasteiger partial charge in [-0.05, 0) is 73.8 Å². The van der Waals surface area contributed by atoms with Gasteiger partial charge < -0.3 is 52.2 Å². The molecule has 0 radical (unpaired) electrons. The summed E-state index contributed by atoms with van der Waals surface area (Å²) in [4.78, 5) is 52.9. The second-order valence-electron chi connectivity index (χ2n) is 9.22. The predicted octanol–water partition coefficient (Wildman–Crippen LogP) is 0.451. The SMILES string of the molecule is CC(=O)N(C)c1c(I)c(-c2ccc(C(=O)[C@](N)(C=O)[C@@H](O)[C@H](O)[C@H](O)CO)c(N)c2N)c(I)c(N(C)C(C)=O)c1I. The molecule has 0 heterocycles. The number of Topliss-reactive ketones (excluding diaryl/α,β-unsaturated/α-hetero) is 1. The maximum Gasteiger partial charge on any atom is 0.223 e. The third-order valence-corrected chi connectivity index (χ3v) is 9.79. The van der Waals surface area contributed by atoms with Crippen molar-refractivity contribution in [2.45, 2.75) is 37.7 Å². The number of carbonyl (C=O) groups is 4. The zero-order valence-corrected chi connectivity index (χ0v) is 28.8. The number of ketones is 1. The van der Waals surface area contributed by atoms with Gasteiger partial charge in [-0.15, -0.1) is 0 Å². The van der Waals surface area contributed by atoms with Crippen molar-refractivity contribution in [2.24, 2.45) is 5.73 Å². The third kappa shape index (κ3) is 6.48. The van der Waals surface area contributed by atoms with Crippen molar-refractivity contribution in [1.29, 1.82) is 0 Å². The van der Waals surface area contributed by atoms with Gasteiger partial charge in [-0.25, -0.2) is 0 Å². The summed E-state index contributed by atoms with van der Waals surface area (Å²) in [6.45, 7) is 1.81. The Kier molecular flexibility index (Phi) is 11.9. The van der Waals surface area contributed by atoms with Crippen molar-refractivity contribution < 1.29 is 39.6 Å². The molecule has 2 aromatic carbocycles. The van der Waals surface area contributed by atoms with E-state index in [0.717, 1.165) is 0 Å². The van der Waals surface area contributed by atoms with Gasteiger partial charge in [0.15, 0.2) is 17.6 Å². The first-order valence-corrected chi connectivity index (χ1v) is 15.0. The Morgan fingerprint density at radius 2 is 1.39 bits per heavy atom. The minimum atomic E-state index is -2.75. The molecule has 13 nitrogen and oxygen atoms in total. The lowest BCUT2D eigenvalue weighted by atomic mass is 9.81. The van der Waals surface area contributed by atoms with E-state index in [-0.39, 0.29) is 35.0 Å². The molecule has 10 N–H and O–H groups in total. The molecular formula is C25H30I3N5O8. The number of nitrogens with two attached hydrogens (primary N) is 3. The number of rotatable bonds is 10. The van der Waals surface area contributed by atoms with Crippen molar-refractivity contribution in [1.82, 2.24) is 0 Å². The fraction of sp³-hybridized carbons (Fsp3) is 0.360. The largest absolute Gasteiger partial charge is 0.397 e. The highest BCUT2D eigenvalue weighted by Crippen LogP contribution is 2.48. The molecule has 2 rings (SSSR count). The first-order chi connectivity index (χ1) is 18.9. The van der Waals surface area contributed by atoms with Crippen LogP contribution in [-0.4, -0.2) is 88.9 Å². The van der Waals surface area contributed by atoms with E-state index >= 15 is 0 Å². The number of anilines is 4. The molecule has 0 fully saturated rings. The number of hydrogen-bond donors (Lipinski definition) is 7. The molecule has 16 heteroatoms. The van der Waals surface area contributed by atoms with Gasteiger partial charge in [-0.3, -0.25) is 14.4 Å². The van der Waals surface area contributed by atoms with Crippen LogP contribution >= 0.6 is 67.8 Å². The van der Waals surface area contributed by atoms with Crippen LogP contribution in [0.1, 0.15) is 24.2 Å². The maximum absolute atomic E-state index is 13.4. The molecule has 0 saturated heterocycles. The summed E-state index contributed by atoms with van der Waals surface area (Å²) in [5.41, 5.74) is 17.0. The quantitative estimate of drug-likeness (QED) is 0.0569. The molecule has 2 aromatic rings. The lowest BCUT2D eigenvalue weighted by molar-refractivity contribution is -0.124. The maximum atomic E-state index is 13.4. The molecule has 0 aromatic heterocycles. The van der Waals surface area contributed by atoms with Crippen LogP contribution in [0.15, 0.2) is 12.1 Å². The number of carbonyl (C=O) groups excluding carboxylic acids is 4. The summed E-state index contributed by atoms with van der Waals surface area (Å²) in [5.74, 6) is -1.72. The summed E-state index contributed by atoms with van der Waals surface area (Å²) in [6, 6.07) is 2.68. The molecule has 0 aliphatic rings. The first kappa shape index (κ1) is 35.5. The molecule has 0 aliphatic carbocycles. The number of nitrogens with zero attached hydrogens (tertiary/aromatic N) is 2. The second-order valence-corrected chi connectivity index (χ2v) is 12.5. The molecule has 2 amide bonds. The van der Waals surface area contributed by atoms with Crippen LogP contribution < -0.4 is 27.0 Å². The standard InChI is InChI=1S/C25H30I3N5O8/c1-9(36)32(3)20-15(26)14(16(27)21(17(20)28)33(4)10(2)37)11-5-6-12(19(30)18(11)29)23(40)25(31,8-35)24(41)22(39)13(38)7-34/h5-6,8,13,22,24,34,38-39,41H,7,29-31H2,1-4H3/t13-,22-,24+,25-/m1/s1.